The second-order valence-electron chi connectivity index (χ2n) is 8.75. The van der Waals surface area contributed by atoms with Gasteiger partial charge >= 0.3 is 0 Å². The quantitative estimate of drug-likeness (QED) is 0.384. The maximum atomic E-state index is 11.3. The van der Waals surface area contributed by atoms with Crippen molar-refractivity contribution >= 4 is 45.2 Å². The van der Waals surface area contributed by atoms with Crippen molar-refractivity contribution in [1.82, 2.24) is 0 Å². The number of thiophene rings is 2. The summed E-state index contributed by atoms with van der Waals surface area (Å²) in [6.07, 6.45) is 12.3. The second kappa shape index (κ2) is 7.89. The molecule has 0 fully saturated rings. The average Bonchev–Trinajstić information content (AvgIpc) is 3.57. The van der Waals surface area contributed by atoms with E-state index in [1.54, 1.807) is 4.88 Å². The van der Waals surface area contributed by atoms with E-state index in [-0.39, 0.29) is 0 Å². The third-order valence-electron chi connectivity index (χ3n) is 6.92. The highest BCUT2D eigenvalue weighted by atomic mass is 32.1. The summed E-state index contributed by atoms with van der Waals surface area (Å²) in [5.41, 5.74) is 8.44. The molecule has 0 radical (unpaired) electrons. The molecule has 4 aliphatic carbocycles. The fourth-order valence-electron chi connectivity index (χ4n) is 5.39. The predicted molar refractivity (Wildman–Crippen MR) is 132 cm³/mol. The summed E-state index contributed by atoms with van der Waals surface area (Å²) < 4.78 is 0. The first-order valence-corrected chi connectivity index (χ1v) is 12.9. The van der Waals surface area contributed by atoms with Gasteiger partial charge in [0.1, 0.15) is 0 Å². The Morgan fingerprint density at radius 2 is 1.48 bits per heavy atom. The summed E-state index contributed by atoms with van der Waals surface area (Å²) in [7, 11) is 0. The molecule has 2 heterocycles. The van der Waals surface area contributed by atoms with Crippen LogP contribution in [0.15, 0.2) is 71.5 Å². The normalized spacial score (nSPS) is 22.8. The number of carbonyl (C=O) groups excluding carboxylic acids is 1. The Labute approximate surface area is 191 Å². The van der Waals surface area contributed by atoms with Crippen molar-refractivity contribution in [2.45, 2.75) is 32.1 Å². The highest BCUT2D eigenvalue weighted by Crippen LogP contribution is 2.45. The molecule has 0 saturated carbocycles. The third kappa shape index (κ3) is 3.50. The molecule has 31 heavy (non-hydrogen) atoms. The Bertz CT molecular complexity index is 1230. The van der Waals surface area contributed by atoms with Crippen LogP contribution in [0, 0.1) is 11.8 Å². The summed E-state index contributed by atoms with van der Waals surface area (Å²) in [6, 6.07) is 15.2. The predicted octanol–water partition coefficient (Wildman–Crippen LogP) is 7.46. The molecule has 4 aliphatic rings. The lowest BCUT2D eigenvalue weighted by Crippen LogP contribution is -2.08. The standard InChI is InChI=1S/C17H14S.C11H10OS/c1-2-4-12(5-3-1)14-10-13-6-7-17-15(8-9-18-17)16(13)11-14;12-8-5-7-1-2-11-9(3-4-13-11)10(7)6-8/h1-5,8-11,13H,6-7H2;3-4,6-7H,1-2,5H2. The van der Waals surface area contributed by atoms with Gasteiger partial charge in [-0.2, -0.15) is 0 Å². The molecule has 3 aromatic rings. The van der Waals surface area contributed by atoms with Crippen LogP contribution in [0.25, 0.3) is 16.7 Å². The van der Waals surface area contributed by atoms with Crippen molar-refractivity contribution in [2.24, 2.45) is 11.8 Å². The Balaban J connectivity index is 0.000000126. The number of allylic oxidation sites excluding steroid dienone is 6. The molecule has 0 saturated heterocycles. The van der Waals surface area contributed by atoms with E-state index >= 15 is 0 Å². The maximum Gasteiger partial charge on any atom is 0.156 e. The molecular formula is C28H24OS2. The van der Waals surface area contributed by atoms with Gasteiger partial charge in [-0.1, -0.05) is 42.5 Å². The number of aryl methyl sites for hydroxylation is 2. The number of benzene rings is 1. The van der Waals surface area contributed by atoms with Gasteiger partial charge in [0.15, 0.2) is 5.78 Å². The largest absolute Gasteiger partial charge is 0.295 e. The fourth-order valence-corrected chi connectivity index (χ4v) is 7.22. The molecule has 3 heteroatoms. The summed E-state index contributed by atoms with van der Waals surface area (Å²) in [5, 5.41) is 4.37. The molecule has 0 amide bonds. The Morgan fingerprint density at radius 1 is 0.774 bits per heavy atom. The minimum atomic E-state index is 0.319. The van der Waals surface area contributed by atoms with E-state index < -0.39 is 0 Å². The molecule has 2 aromatic heterocycles. The van der Waals surface area contributed by atoms with Crippen LogP contribution in [0.1, 0.15) is 45.7 Å². The topological polar surface area (TPSA) is 17.1 Å². The number of fused-ring (bicyclic) bond motifs is 6. The highest BCUT2D eigenvalue weighted by Gasteiger charge is 2.31. The first-order chi connectivity index (χ1) is 15.3. The van der Waals surface area contributed by atoms with E-state index in [0.29, 0.717) is 17.6 Å². The zero-order valence-electron chi connectivity index (χ0n) is 17.3. The van der Waals surface area contributed by atoms with Crippen molar-refractivity contribution in [3.05, 3.63) is 97.9 Å². The van der Waals surface area contributed by atoms with E-state index in [9.17, 15) is 4.79 Å². The van der Waals surface area contributed by atoms with Crippen LogP contribution in [-0.4, -0.2) is 5.78 Å². The minimum Gasteiger partial charge on any atom is -0.295 e. The molecule has 7 rings (SSSR count). The van der Waals surface area contributed by atoms with Crippen LogP contribution >= 0.6 is 22.7 Å². The van der Waals surface area contributed by atoms with Gasteiger partial charge in [0.2, 0.25) is 0 Å². The molecule has 0 spiro atoms. The van der Waals surface area contributed by atoms with Gasteiger partial charge in [-0.25, -0.2) is 0 Å². The number of hydrogen-bond acceptors (Lipinski definition) is 3. The summed E-state index contributed by atoms with van der Waals surface area (Å²) in [5.74, 6) is 1.50. The first-order valence-electron chi connectivity index (χ1n) is 11.1. The van der Waals surface area contributed by atoms with Crippen molar-refractivity contribution in [1.29, 1.82) is 0 Å². The van der Waals surface area contributed by atoms with E-state index in [0.717, 1.165) is 6.42 Å². The lowest BCUT2D eigenvalue weighted by atomic mass is 9.85. The van der Waals surface area contributed by atoms with Crippen molar-refractivity contribution in [3.63, 3.8) is 0 Å². The summed E-state index contributed by atoms with van der Waals surface area (Å²) >= 11 is 3.73. The van der Waals surface area contributed by atoms with Gasteiger partial charge in [0.05, 0.1) is 0 Å². The molecule has 1 aromatic carbocycles. The fraction of sp³-hybridized carbons (Fsp3) is 0.250. The minimum absolute atomic E-state index is 0.319. The molecule has 0 N–H and O–H groups in total. The van der Waals surface area contributed by atoms with Gasteiger partial charge in [-0.05, 0) is 94.0 Å². The zero-order chi connectivity index (χ0) is 20.8. The van der Waals surface area contributed by atoms with Crippen molar-refractivity contribution in [2.75, 3.05) is 0 Å². The van der Waals surface area contributed by atoms with E-state index in [1.807, 2.05) is 28.7 Å². The van der Waals surface area contributed by atoms with E-state index in [2.05, 4.69) is 65.4 Å². The van der Waals surface area contributed by atoms with E-state index in [4.69, 9.17) is 0 Å². The van der Waals surface area contributed by atoms with Gasteiger partial charge in [0.25, 0.3) is 0 Å². The molecule has 2 atom stereocenters. The third-order valence-corrected chi connectivity index (χ3v) is 8.88. The Morgan fingerprint density at radius 3 is 2.26 bits per heavy atom. The van der Waals surface area contributed by atoms with Gasteiger partial charge in [-0.15, -0.1) is 22.7 Å². The number of carbonyl (C=O) groups is 1. The van der Waals surface area contributed by atoms with Crippen molar-refractivity contribution < 1.29 is 4.79 Å². The summed E-state index contributed by atoms with van der Waals surface area (Å²) in [6.45, 7) is 0. The van der Waals surface area contributed by atoms with Crippen LogP contribution in [0.5, 0.6) is 0 Å². The Kier molecular flexibility index (Phi) is 4.89. The monoisotopic (exact) mass is 440 g/mol. The molecule has 154 valence electrons. The van der Waals surface area contributed by atoms with Crippen LogP contribution in [0.2, 0.25) is 0 Å². The van der Waals surface area contributed by atoms with Gasteiger partial charge in [0, 0.05) is 22.1 Å². The molecule has 0 bridgehead atoms. The van der Waals surface area contributed by atoms with Crippen LogP contribution in [0.4, 0.5) is 0 Å². The number of rotatable bonds is 1. The lowest BCUT2D eigenvalue weighted by Gasteiger charge is -2.20. The number of hydrogen-bond donors (Lipinski definition) is 0. The number of ketones is 1. The Hall–Kier alpha value is -2.49. The van der Waals surface area contributed by atoms with E-state index in [1.165, 1.54) is 64.0 Å². The summed E-state index contributed by atoms with van der Waals surface area (Å²) in [4.78, 5) is 14.3. The van der Waals surface area contributed by atoms with Crippen LogP contribution < -0.4 is 0 Å². The highest BCUT2D eigenvalue weighted by molar-refractivity contribution is 7.10. The van der Waals surface area contributed by atoms with Crippen LogP contribution in [0.3, 0.4) is 0 Å². The SMILES string of the molecule is C1=C(c2ccccc2)C=C2c3ccsc3CCC12.O=C1C=C2c3ccsc3CCC2C1. The molecule has 2 unspecified atom stereocenters. The second-order valence-corrected chi connectivity index (χ2v) is 10.8. The van der Waals surface area contributed by atoms with Gasteiger partial charge in [-0.3, -0.25) is 4.79 Å². The van der Waals surface area contributed by atoms with Crippen molar-refractivity contribution in [3.8, 4) is 0 Å². The smallest absolute Gasteiger partial charge is 0.156 e. The zero-order valence-corrected chi connectivity index (χ0v) is 19.0. The molecule has 1 nitrogen and oxygen atoms in total. The van der Waals surface area contributed by atoms with Gasteiger partial charge < -0.3 is 0 Å². The lowest BCUT2D eigenvalue weighted by molar-refractivity contribution is -0.114. The maximum absolute atomic E-state index is 11.3. The average molecular weight is 441 g/mol. The van der Waals surface area contributed by atoms with Crippen LogP contribution in [-0.2, 0) is 17.6 Å². The molecular weight excluding hydrogens is 416 g/mol. The molecule has 0 aliphatic heterocycles. The first kappa shape index (κ1) is 19.2.